The average molecular weight is 331 g/mol. The molecule has 3 rings (SSSR count). The molecule has 1 heterocycles. The first kappa shape index (κ1) is 16.4. The number of thioether (sulfide) groups is 1. The lowest BCUT2D eigenvalue weighted by atomic mass is 10.3. The third-order valence-corrected chi connectivity index (χ3v) is 4.87. The second-order valence-corrected chi connectivity index (χ2v) is 7.19. The summed E-state index contributed by atoms with van der Waals surface area (Å²) in [7, 11) is 0. The minimum absolute atomic E-state index is 0.226. The molecule has 1 aromatic heterocycles. The van der Waals surface area contributed by atoms with Crippen LogP contribution in [-0.4, -0.2) is 39.7 Å². The van der Waals surface area contributed by atoms with Crippen LogP contribution in [0, 0.1) is 5.92 Å². The fraction of sp³-hybridized carbons (Fsp3) is 0.556. The predicted molar refractivity (Wildman–Crippen MR) is 96.5 cm³/mol. The summed E-state index contributed by atoms with van der Waals surface area (Å²) in [5, 5.41) is 0. The van der Waals surface area contributed by atoms with Gasteiger partial charge in [-0.1, -0.05) is 19.1 Å². The van der Waals surface area contributed by atoms with Gasteiger partial charge in [0.1, 0.15) is 12.4 Å². The Balaban J connectivity index is 1.83. The van der Waals surface area contributed by atoms with Crippen molar-refractivity contribution >= 4 is 28.7 Å². The Bertz CT molecular complexity index is 678. The predicted octanol–water partition coefficient (Wildman–Crippen LogP) is 3.55. The third kappa shape index (κ3) is 3.89. The van der Waals surface area contributed by atoms with Crippen molar-refractivity contribution in [2.45, 2.75) is 38.5 Å². The summed E-state index contributed by atoms with van der Waals surface area (Å²) in [6.45, 7) is 4.33. The molecular formula is C18H25N3OS. The number of para-hydroxylation sites is 2. The zero-order valence-electron chi connectivity index (χ0n) is 14.0. The van der Waals surface area contributed by atoms with Crippen LogP contribution in [0.25, 0.3) is 11.0 Å². The number of rotatable bonds is 8. The van der Waals surface area contributed by atoms with Gasteiger partial charge in [0.15, 0.2) is 0 Å². The Morgan fingerprint density at radius 3 is 2.87 bits per heavy atom. The van der Waals surface area contributed by atoms with E-state index in [0.717, 1.165) is 48.0 Å². The number of carbonyl (C=O) groups excluding carboxylic acids is 1. The van der Waals surface area contributed by atoms with Crippen LogP contribution in [-0.2, 0) is 17.1 Å². The van der Waals surface area contributed by atoms with Crippen LogP contribution in [0.5, 0.6) is 0 Å². The van der Waals surface area contributed by atoms with Gasteiger partial charge in [0, 0.05) is 13.1 Å². The van der Waals surface area contributed by atoms with E-state index < -0.39 is 0 Å². The fourth-order valence-electron chi connectivity index (χ4n) is 2.98. The molecule has 4 nitrogen and oxygen atoms in total. The lowest BCUT2D eigenvalue weighted by Gasteiger charge is -2.23. The zero-order chi connectivity index (χ0) is 16.2. The number of hydrogen-bond donors (Lipinski definition) is 0. The van der Waals surface area contributed by atoms with Crippen molar-refractivity contribution in [3.05, 3.63) is 30.1 Å². The Hall–Kier alpha value is -1.49. The second kappa shape index (κ2) is 7.39. The molecule has 1 amide bonds. The number of hydrogen-bond acceptors (Lipinski definition) is 3. The van der Waals surface area contributed by atoms with Gasteiger partial charge in [-0.25, -0.2) is 4.98 Å². The average Bonchev–Trinajstić information content (AvgIpc) is 3.30. The number of aromatic nitrogens is 2. The van der Waals surface area contributed by atoms with Crippen molar-refractivity contribution in [1.82, 2.24) is 14.5 Å². The van der Waals surface area contributed by atoms with Crippen molar-refractivity contribution in [2.75, 3.05) is 19.3 Å². The summed E-state index contributed by atoms with van der Waals surface area (Å²) in [5.41, 5.74) is 2.04. The molecule has 2 aromatic rings. The smallest absolute Gasteiger partial charge is 0.242 e. The van der Waals surface area contributed by atoms with Crippen LogP contribution in [0.2, 0.25) is 0 Å². The molecule has 1 fully saturated rings. The van der Waals surface area contributed by atoms with Crippen LogP contribution < -0.4 is 0 Å². The number of imidazole rings is 1. The molecule has 1 aliphatic carbocycles. The highest BCUT2D eigenvalue weighted by atomic mass is 32.2. The molecular weight excluding hydrogens is 306 g/mol. The van der Waals surface area contributed by atoms with E-state index in [4.69, 9.17) is 4.98 Å². The third-order valence-electron chi connectivity index (χ3n) is 4.32. The molecule has 0 aliphatic heterocycles. The van der Waals surface area contributed by atoms with E-state index >= 15 is 0 Å². The largest absolute Gasteiger partial charge is 0.341 e. The van der Waals surface area contributed by atoms with Crippen LogP contribution in [0.1, 0.15) is 32.0 Å². The zero-order valence-corrected chi connectivity index (χ0v) is 14.8. The molecule has 0 radical (unpaired) electrons. The minimum atomic E-state index is 0.226. The molecule has 23 heavy (non-hydrogen) atoms. The van der Waals surface area contributed by atoms with Crippen molar-refractivity contribution < 1.29 is 4.79 Å². The molecule has 5 heteroatoms. The highest BCUT2D eigenvalue weighted by Crippen LogP contribution is 2.30. The van der Waals surface area contributed by atoms with E-state index in [1.807, 2.05) is 18.2 Å². The molecule has 1 aromatic carbocycles. The number of nitrogens with zero attached hydrogens (tertiary/aromatic N) is 3. The molecule has 0 bridgehead atoms. The maximum absolute atomic E-state index is 12.8. The van der Waals surface area contributed by atoms with Crippen molar-refractivity contribution in [1.29, 1.82) is 0 Å². The van der Waals surface area contributed by atoms with Crippen LogP contribution in [0.4, 0.5) is 0 Å². The molecule has 0 unspecified atom stereocenters. The summed E-state index contributed by atoms with van der Waals surface area (Å²) in [6, 6.07) is 8.10. The minimum Gasteiger partial charge on any atom is -0.341 e. The van der Waals surface area contributed by atoms with Gasteiger partial charge in [0.25, 0.3) is 0 Å². The maximum Gasteiger partial charge on any atom is 0.242 e. The molecule has 0 N–H and O–H groups in total. The first-order valence-corrected chi connectivity index (χ1v) is 9.83. The maximum atomic E-state index is 12.8. The van der Waals surface area contributed by atoms with Gasteiger partial charge >= 0.3 is 0 Å². The standard InChI is InChI=1S/C18H25N3OS/c1-3-10-20(11-14-8-9-14)18(22)12-21-16-7-5-4-6-15(16)19-17(21)13-23-2/h4-7,14H,3,8-13H2,1-2H3. The van der Waals surface area contributed by atoms with Crippen LogP contribution >= 0.6 is 11.8 Å². The molecule has 1 saturated carbocycles. The van der Waals surface area contributed by atoms with E-state index in [1.165, 1.54) is 12.8 Å². The van der Waals surface area contributed by atoms with E-state index in [-0.39, 0.29) is 5.91 Å². The van der Waals surface area contributed by atoms with Crippen LogP contribution in [0.3, 0.4) is 0 Å². The summed E-state index contributed by atoms with van der Waals surface area (Å²) in [4.78, 5) is 19.6. The lowest BCUT2D eigenvalue weighted by molar-refractivity contribution is -0.132. The van der Waals surface area contributed by atoms with Gasteiger partial charge in [-0.3, -0.25) is 4.79 Å². The van der Waals surface area contributed by atoms with Crippen molar-refractivity contribution in [2.24, 2.45) is 5.92 Å². The number of amides is 1. The molecule has 124 valence electrons. The quantitative estimate of drug-likeness (QED) is 0.742. The van der Waals surface area contributed by atoms with Crippen molar-refractivity contribution in [3.63, 3.8) is 0 Å². The van der Waals surface area contributed by atoms with E-state index in [1.54, 1.807) is 11.8 Å². The fourth-order valence-corrected chi connectivity index (χ4v) is 3.45. The van der Waals surface area contributed by atoms with Crippen LogP contribution in [0.15, 0.2) is 24.3 Å². The van der Waals surface area contributed by atoms with Gasteiger partial charge in [-0.15, -0.1) is 0 Å². The van der Waals surface area contributed by atoms with E-state index in [9.17, 15) is 4.79 Å². The molecule has 0 saturated heterocycles. The molecule has 0 spiro atoms. The second-order valence-electron chi connectivity index (χ2n) is 6.32. The topological polar surface area (TPSA) is 38.1 Å². The number of benzene rings is 1. The first-order valence-electron chi connectivity index (χ1n) is 8.43. The number of carbonyl (C=O) groups is 1. The van der Waals surface area contributed by atoms with Crippen molar-refractivity contribution in [3.8, 4) is 0 Å². The SMILES string of the molecule is CCCN(CC1CC1)C(=O)Cn1c(CSC)nc2ccccc21. The van der Waals surface area contributed by atoms with Gasteiger partial charge in [0.2, 0.25) is 5.91 Å². The normalized spacial score (nSPS) is 14.3. The summed E-state index contributed by atoms with van der Waals surface area (Å²) in [5.74, 6) is 2.79. The van der Waals surface area contributed by atoms with Gasteiger partial charge in [0.05, 0.1) is 16.8 Å². The Morgan fingerprint density at radius 2 is 2.17 bits per heavy atom. The summed E-state index contributed by atoms with van der Waals surface area (Å²) < 4.78 is 2.10. The summed E-state index contributed by atoms with van der Waals surface area (Å²) >= 11 is 1.74. The lowest BCUT2D eigenvalue weighted by Crippen LogP contribution is -2.36. The highest BCUT2D eigenvalue weighted by molar-refractivity contribution is 7.97. The molecule has 0 atom stereocenters. The monoisotopic (exact) mass is 331 g/mol. The Labute approximate surface area is 142 Å². The van der Waals surface area contributed by atoms with E-state index in [2.05, 4.69) is 28.7 Å². The van der Waals surface area contributed by atoms with Gasteiger partial charge in [-0.05, 0) is 43.6 Å². The summed E-state index contributed by atoms with van der Waals surface area (Å²) in [6.07, 6.45) is 5.64. The van der Waals surface area contributed by atoms with Gasteiger partial charge in [-0.2, -0.15) is 11.8 Å². The van der Waals surface area contributed by atoms with Gasteiger partial charge < -0.3 is 9.47 Å². The Morgan fingerprint density at radius 1 is 1.39 bits per heavy atom. The Kier molecular flexibility index (Phi) is 5.26. The van der Waals surface area contributed by atoms with E-state index in [0.29, 0.717) is 6.54 Å². The first-order chi connectivity index (χ1) is 11.2. The number of fused-ring (bicyclic) bond motifs is 1. The molecule has 1 aliphatic rings. The highest BCUT2D eigenvalue weighted by Gasteiger charge is 2.27.